The molecule has 26 heavy (non-hydrogen) atoms. The molecule has 0 aliphatic carbocycles. The van der Waals surface area contributed by atoms with Gasteiger partial charge in [-0.05, 0) is 31.0 Å². The van der Waals surface area contributed by atoms with Crippen LogP contribution in [0.25, 0.3) is 0 Å². The third-order valence-corrected chi connectivity index (χ3v) is 5.24. The van der Waals surface area contributed by atoms with Gasteiger partial charge in [-0.25, -0.2) is 0 Å². The summed E-state index contributed by atoms with van der Waals surface area (Å²) in [5.41, 5.74) is 1.16. The number of thioether (sulfide) groups is 1. The Balaban J connectivity index is 1.94. The van der Waals surface area contributed by atoms with Crippen LogP contribution in [0.15, 0.2) is 65.6 Å². The van der Waals surface area contributed by atoms with E-state index in [9.17, 15) is 9.59 Å². The Labute approximate surface area is 160 Å². The number of carbonyl (C=O) groups excluding carboxylic acids is 2. The van der Waals surface area contributed by atoms with Crippen LogP contribution >= 0.6 is 11.8 Å². The zero-order chi connectivity index (χ0) is 18.8. The number of rotatable bonds is 9. The molecule has 2 amide bonds. The molecule has 0 spiro atoms. The van der Waals surface area contributed by atoms with Crippen molar-refractivity contribution in [1.29, 1.82) is 0 Å². The van der Waals surface area contributed by atoms with E-state index in [2.05, 4.69) is 5.32 Å². The van der Waals surface area contributed by atoms with Crippen molar-refractivity contribution < 1.29 is 9.59 Å². The lowest BCUT2D eigenvalue weighted by Crippen LogP contribution is -2.48. The maximum Gasteiger partial charge on any atom is 0.242 e. The second-order valence-corrected chi connectivity index (χ2v) is 7.19. The SMILES string of the molecule is CNC(=O)[C@H](C)N(CCc1ccccc1)C(=O)CCSc1ccccc1. The van der Waals surface area contributed by atoms with E-state index in [-0.39, 0.29) is 11.8 Å². The molecule has 5 heteroatoms. The van der Waals surface area contributed by atoms with Gasteiger partial charge in [-0.2, -0.15) is 0 Å². The molecule has 0 heterocycles. The van der Waals surface area contributed by atoms with Gasteiger partial charge in [0.1, 0.15) is 6.04 Å². The molecule has 0 fully saturated rings. The Morgan fingerprint density at radius 3 is 2.27 bits per heavy atom. The minimum Gasteiger partial charge on any atom is -0.357 e. The highest BCUT2D eigenvalue weighted by Gasteiger charge is 2.24. The van der Waals surface area contributed by atoms with Gasteiger partial charge in [-0.1, -0.05) is 48.5 Å². The largest absolute Gasteiger partial charge is 0.357 e. The lowest BCUT2D eigenvalue weighted by atomic mass is 10.1. The van der Waals surface area contributed by atoms with Gasteiger partial charge in [-0.15, -0.1) is 11.8 Å². The van der Waals surface area contributed by atoms with Gasteiger partial charge in [0.25, 0.3) is 0 Å². The zero-order valence-corrected chi connectivity index (χ0v) is 16.2. The summed E-state index contributed by atoms with van der Waals surface area (Å²) in [6.45, 7) is 2.32. The first-order valence-corrected chi connectivity index (χ1v) is 9.83. The molecule has 0 unspecified atom stereocenters. The van der Waals surface area contributed by atoms with Crippen LogP contribution in [0.2, 0.25) is 0 Å². The zero-order valence-electron chi connectivity index (χ0n) is 15.4. The van der Waals surface area contributed by atoms with Crippen LogP contribution in [-0.4, -0.2) is 42.1 Å². The van der Waals surface area contributed by atoms with Gasteiger partial charge >= 0.3 is 0 Å². The van der Waals surface area contributed by atoms with E-state index in [4.69, 9.17) is 0 Å². The van der Waals surface area contributed by atoms with E-state index in [0.29, 0.717) is 18.7 Å². The molecule has 0 aliphatic rings. The topological polar surface area (TPSA) is 49.4 Å². The molecule has 0 aromatic heterocycles. The second kappa shape index (κ2) is 10.7. The van der Waals surface area contributed by atoms with Crippen LogP contribution in [0.5, 0.6) is 0 Å². The fourth-order valence-electron chi connectivity index (χ4n) is 2.70. The van der Waals surface area contributed by atoms with Crippen molar-refractivity contribution >= 4 is 23.6 Å². The van der Waals surface area contributed by atoms with E-state index in [0.717, 1.165) is 16.9 Å². The molecule has 2 rings (SSSR count). The second-order valence-electron chi connectivity index (χ2n) is 6.02. The molecular weight excluding hydrogens is 344 g/mol. The Morgan fingerprint density at radius 1 is 1.04 bits per heavy atom. The maximum atomic E-state index is 12.7. The molecule has 0 radical (unpaired) electrons. The highest BCUT2D eigenvalue weighted by molar-refractivity contribution is 7.99. The summed E-state index contributed by atoms with van der Waals surface area (Å²) in [4.78, 5) is 27.6. The van der Waals surface area contributed by atoms with Crippen molar-refractivity contribution in [1.82, 2.24) is 10.2 Å². The van der Waals surface area contributed by atoms with Crippen LogP contribution in [0.3, 0.4) is 0 Å². The Kier molecular flexibility index (Phi) is 8.22. The highest BCUT2D eigenvalue weighted by Crippen LogP contribution is 2.18. The monoisotopic (exact) mass is 370 g/mol. The number of likely N-dealkylation sites (N-methyl/N-ethyl adjacent to an activating group) is 1. The first kappa shape index (κ1) is 20.0. The average Bonchev–Trinajstić information content (AvgIpc) is 2.69. The standard InChI is InChI=1S/C21H26N2O2S/c1-17(21(25)22-2)23(15-13-18-9-5-3-6-10-18)20(24)14-16-26-19-11-7-4-8-12-19/h3-12,17H,13-16H2,1-2H3,(H,22,25)/t17-/m0/s1. The van der Waals surface area contributed by atoms with Crippen molar-refractivity contribution in [2.24, 2.45) is 0 Å². The number of hydrogen-bond acceptors (Lipinski definition) is 3. The Hall–Kier alpha value is -2.27. The Morgan fingerprint density at radius 2 is 1.65 bits per heavy atom. The van der Waals surface area contributed by atoms with E-state index in [1.165, 1.54) is 0 Å². The van der Waals surface area contributed by atoms with Crippen molar-refractivity contribution in [3.8, 4) is 0 Å². The molecular formula is C21H26N2O2S. The van der Waals surface area contributed by atoms with Crippen LogP contribution in [0.4, 0.5) is 0 Å². The minimum absolute atomic E-state index is 0.0143. The Bertz CT molecular complexity index is 692. The fourth-order valence-corrected chi connectivity index (χ4v) is 3.56. The molecule has 0 saturated heterocycles. The van der Waals surface area contributed by atoms with E-state index >= 15 is 0 Å². The number of nitrogens with zero attached hydrogens (tertiary/aromatic N) is 1. The molecule has 0 aliphatic heterocycles. The molecule has 1 atom stereocenters. The number of nitrogens with one attached hydrogen (secondary N) is 1. The summed E-state index contributed by atoms with van der Waals surface area (Å²) in [7, 11) is 1.60. The normalized spacial score (nSPS) is 11.6. The predicted octanol–water partition coefficient (Wildman–Crippen LogP) is 3.37. The average molecular weight is 371 g/mol. The van der Waals surface area contributed by atoms with Crippen molar-refractivity contribution in [2.75, 3.05) is 19.3 Å². The highest BCUT2D eigenvalue weighted by atomic mass is 32.2. The molecule has 2 aromatic rings. The summed E-state index contributed by atoms with van der Waals surface area (Å²) >= 11 is 1.66. The van der Waals surface area contributed by atoms with Crippen LogP contribution in [0.1, 0.15) is 18.9 Å². The van der Waals surface area contributed by atoms with Gasteiger partial charge in [0.15, 0.2) is 0 Å². The van der Waals surface area contributed by atoms with Crippen molar-refractivity contribution in [2.45, 2.75) is 30.7 Å². The van der Waals surface area contributed by atoms with E-state index in [1.807, 2.05) is 60.7 Å². The summed E-state index contributed by atoms with van der Waals surface area (Å²) in [5, 5.41) is 2.64. The van der Waals surface area contributed by atoms with E-state index in [1.54, 1.807) is 30.6 Å². The summed E-state index contributed by atoms with van der Waals surface area (Å²) in [6.07, 6.45) is 1.15. The fraction of sp³-hybridized carbons (Fsp3) is 0.333. The predicted molar refractivity (Wildman–Crippen MR) is 107 cm³/mol. The quantitative estimate of drug-likeness (QED) is 0.689. The summed E-state index contributed by atoms with van der Waals surface area (Å²) < 4.78 is 0. The molecule has 1 N–H and O–H groups in total. The number of carbonyl (C=O) groups is 2. The summed E-state index contributed by atoms with van der Waals surface area (Å²) in [6, 6.07) is 19.6. The first-order chi connectivity index (χ1) is 12.6. The van der Waals surface area contributed by atoms with Gasteiger partial charge in [-0.3, -0.25) is 9.59 Å². The molecule has 4 nitrogen and oxygen atoms in total. The molecule has 2 aromatic carbocycles. The number of hydrogen-bond donors (Lipinski definition) is 1. The molecule has 0 saturated carbocycles. The molecule has 0 bridgehead atoms. The van der Waals surface area contributed by atoms with Gasteiger partial charge in [0.05, 0.1) is 0 Å². The number of benzene rings is 2. The van der Waals surface area contributed by atoms with Gasteiger partial charge in [0.2, 0.25) is 11.8 Å². The van der Waals surface area contributed by atoms with Crippen molar-refractivity contribution in [3.05, 3.63) is 66.2 Å². The lowest BCUT2D eigenvalue weighted by Gasteiger charge is -2.28. The number of amides is 2. The summed E-state index contributed by atoms with van der Waals surface area (Å²) in [5.74, 6) is 0.577. The van der Waals surface area contributed by atoms with Gasteiger partial charge in [0, 0.05) is 30.7 Å². The third-order valence-electron chi connectivity index (χ3n) is 4.23. The lowest BCUT2D eigenvalue weighted by molar-refractivity contribution is -0.139. The van der Waals surface area contributed by atoms with Crippen LogP contribution < -0.4 is 5.32 Å². The van der Waals surface area contributed by atoms with Crippen LogP contribution in [-0.2, 0) is 16.0 Å². The third kappa shape index (κ3) is 6.23. The van der Waals surface area contributed by atoms with E-state index < -0.39 is 6.04 Å². The van der Waals surface area contributed by atoms with Gasteiger partial charge < -0.3 is 10.2 Å². The first-order valence-electron chi connectivity index (χ1n) is 8.84. The smallest absolute Gasteiger partial charge is 0.242 e. The van der Waals surface area contributed by atoms with Crippen molar-refractivity contribution in [3.63, 3.8) is 0 Å². The molecule has 138 valence electrons. The van der Waals surface area contributed by atoms with Crippen LogP contribution in [0, 0.1) is 0 Å². The maximum absolute atomic E-state index is 12.7. The minimum atomic E-state index is -0.474.